The van der Waals surface area contributed by atoms with E-state index in [2.05, 4.69) is 4.98 Å². The number of ether oxygens (including phenoxy) is 1. The third kappa shape index (κ3) is 2.06. The number of aromatic nitrogens is 1. The molecule has 0 aliphatic carbocycles. The second-order valence-corrected chi connectivity index (χ2v) is 2.58. The summed E-state index contributed by atoms with van der Waals surface area (Å²) in [5.74, 6) is 0.316. The quantitative estimate of drug-likeness (QED) is 0.711. The average Bonchev–Trinajstić information content (AvgIpc) is 2.16. The number of halogens is 3. The summed E-state index contributed by atoms with van der Waals surface area (Å²) in [5, 5.41) is 0. The summed E-state index contributed by atoms with van der Waals surface area (Å²) in [6, 6.07) is 1.50. The van der Waals surface area contributed by atoms with Gasteiger partial charge in [0.1, 0.15) is 11.4 Å². The Morgan fingerprint density at radius 1 is 1.62 bits per heavy atom. The van der Waals surface area contributed by atoms with Gasteiger partial charge in [-0.2, -0.15) is 0 Å². The molecule has 1 rings (SSSR count). The van der Waals surface area contributed by atoms with Crippen LogP contribution < -0.4 is 4.74 Å². The van der Waals surface area contributed by atoms with Crippen molar-refractivity contribution < 1.29 is 13.5 Å². The molecule has 1 heterocycles. The minimum atomic E-state index is -2.62. The van der Waals surface area contributed by atoms with Gasteiger partial charge in [0.25, 0.3) is 6.43 Å². The van der Waals surface area contributed by atoms with Crippen LogP contribution in [0.2, 0.25) is 0 Å². The van der Waals surface area contributed by atoms with Gasteiger partial charge in [0.05, 0.1) is 13.0 Å². The molecule has 0 aliphatic heterocycles. The molecule has 0 radical (unpaired) electrons. The Labute approximate surface area is 79.5 Å². The fourth-order valence-corrected chi connectivity index (χ4v) is 1.27. The highest BCUT2D eigenvalue weighted by Gasteiger charge is 2.17. The van der Waals surface area contributed by atoms with E-state index in [4.69, 9.17) is 16.3 Å². The third-order valence-electron chi connectivity index (χ3n) is 1.61. The minimum absolute atomic E-state index is 0.0311. The largest absolute Gasteiger partial charge is 0.496 e. The first-order chi connectivity index (χ1) is 6.20. The van der Waals surface area contributed by atoms with Gasteiger partial charge in [-0.15, -0.1) is 11.6 Å². The molecule has 13 heavy (non-hydrogen) atoms. The van der Waals surface area contributed by atoms with E-state index >= 15 is 0 Å². The van der Waals surface area contributed by atoms with Crippen LogP contribution in [0.1, 0.15) is 17.7 Å². The van der Waals surface area contributed by atoms with Gasteiger partial charge in [0, 0.05) is 11.8 Å². The van der Waals surface area contributed by atoms with Crippen LogP contribution in [0.3, 0.4) is 0 Å². The molecular weight excluding hydrogens is 200 g/mol. The van der Waals surface area contributed by atoms with Gasteiger partial charge >= 0.3 is 0 Å². The summed E-state index contributed by atoms with van der Waals surface area (Å²) >= 11 is 5.51. The maximum absolute atomic E-state index is 12.4. The fraction of sp³-hybridized carbons (Fsp3) is 0.375. The predicted molar refractivity (Wildman–Crippen MR) is 45.3 cm³/mol. The maximum atomic E-state index is 12.4. The number of hydrogen-bond donors (Lipinski definition) is 0. The van der Waals surface area contributed by atoms with Gasteiger partial charge in [-0.1, -0.05) is 0 Å². The van der Waals surface area contributed by atoms with Crippen LogP contribution in [0, 0.1) is 0 Å². The average molecular weight is 208 g/mol. The number of alkyl halides is 3. The van der Waals surface area contributed by atoms with E-state index in [0.29, 0.717) is 5.75 Å². The van der Waals surface area contributed by atoms with Crippen LogP contribution in [0.25, 0.3) is 0 Å². The highest BCUT2D eigenvalue weighted by Crippen LogP contribution is 2.28. The van der Waals surface area contributed by atoms with E-state index < -0.39 is 6.43 Å². The number of hydrogen-bond acceptors (Lipinski definition) is 2. The molecule has 2 nitrogen and oxygen atoms in total. The Bertz CT molecular complexity index is 293. The zero-order valence-electron chi connectivity index (χ0n) is 6.93. The van der Waals surface area contributed by atoms with Crippen LogP contribution >= 0.6 is 11.6 Å². The predicted octanol–water partition coefficient (Wildman–Crippen LogP) is 2.77. The van der Waals surface area contributed by atoms with Crippen molar-refractivity contribution in [1.29, 1.82) is 0 Å². The van der Waals surface area contributed by atoms with Crippen molar-refractivity contribution in [2.75, 3.05) is 7.11 Å². The lowest BCUT2D eigenvalue weighted by molar-refractivity contribution is 0.144. The summed E-state index contributed by atoms with van der Waals surface area (Å²) in [6.45, 7) is 0. The maximum Gasteiger partial charge on any atom is 0.280 e. The molecule has 0 fully saturated rings. The lowest BCUT2D eigenvalue weighted by Crippen LogP contribution is -1.99. The topological polar surface area (TPSA) is 22.1 Å². The Kier molecular flexibility index (Phi) is 3.42. The van der Waals surface area contributed by atoms with Crippen molar-refractivity contribution in [2.24, 2.45) is 0 Å². The minimum Gasteiger partial charge on any atom is -0.496 e. The first kappa shape index (κ1) is 10.2. The van der Waals surface area contributed by atoms with Crippen molar-refractivity contribution >= 4 is 11.6 Å². The monoisotopic (exact) mass is 207 g/mol. The molecule has 72 valence electrons. The van der Waals surface area contributed by atoms with E-state index in [0.717, 1.165) is 0 Å². The van der Waals surface area contributed by atoms with Crippen molar-refractivity contribution in [1.82, 2.24) is 4.98 Å². The molecule has 0 saturated carbocycles. The van der Waals surface area contributed by atoms with E-state index in [9.17, 15) is 8.78 Å². The first-order valence-corrected chi connectivity index (χ1v) is 4.10. The van der Waals surface area contributed by atoms with Crippen LogP contribution in [0.5, 0.6) is 5.75 Å². The van der Waals surface area contributed by atoms with E-state index in [1.165, 1.54) is 19.4 Å². The Morgan fingerprint density at radius 3 is 2.77 bits per heavy atom. The van der Waals surface area contributed by atoms with E-state index in [1.807, 2.05) is 0 Å². The zero-order chi connectivity index (χ0) is 9.84. The molecule has 0 amide bonds. The second-order valence-electron chi connectivity index (χ2n) is 2.31. The molecule has 0 aromatic carbocycles. The molecule has 1 aromatic heterocycles. The molecule has 0 bridgehead atoms. The summed E-state index contributed by atoms with van der Waals surface area (Å²) in [5.41, 5.74) is -0.0592. The van der Waals surface area contributed by atoms with Crippen molar-refractivity contribution in [3.8, 4) is 5.75 Å². The second kappa shape index (κ2) is 4.37. The fourth-order valence-electron chi connectivity index (χ4n) is 1.00. The van der Waals surface area contributed by atoms with Crippen molar-refractivity contribution in [3.63, 3.8) is 0 Å². The van der Waals surface area contributed by atoms with Gasteiger partial charge in [-0.3, -0.25) is 4.98 Å². The normalized spacial score (nSPS) is 10.5. The third-order valence-corrected chi connectivity index (χ3v) is 1.87. The molecule has 0 saturated heterocycles. The Hall–Kier alpha value is -0.900. The standard InChI is InChI=1S/C8H8ClF2NO/c1-13-6-2-3-12-7(8(10)11)5(6)4-9/h2-3,8H,4H2,1H3. The van der Waals surface area contributed by atoms with E-state index in [1.54, 1.807) is 0 Å². The first-order valence-electron chi connectivity index (χ1n) is 3.56. The zero-order valence-corrected chi connectivity index (χ0v) is 7.68. The van der Waals surface area contributed by atoms with Crippen LogP contribution in [0.4, 0.5) is 8.78 Å². The number of methoxy groups -OCH3 is 1. The van der Waals surface area contributed by atoms with Gasteiger partial charge in [-0.05, 0) is 6.07 Å². The number of nitrogens with zero attached hydrogens (tertiary/aromatic N) is 1. The van der Waals surface area contributed by atoms with Crippen molar-refractivity contribution in [3.05, 3.63) is 23.5 Å². The molecule has 0 spiro atoms. The molecule has 0 unspecified atom stereocenters. The van der Waals surface area contributed by atoms with Crippen molar-refractivity contribution in [2.45, 2.75) is 12.3 Å². The van der Waals surface area contributed by atoms with Gasteiger partial charge in [-0.25, -0.2) is 8.78 Å². The SMILES string of the molecule is COc1ccnc(C(F)F)c1CCl. The summed E-state index contributed by atoms with van der Waals surface area (Å²) < 4.78 is 29.6. The summed E-state index contributed by atoms with van der Waals surface area (Å²) in [4.78, 5) is 3.54. The molecular formula is C8H8ClF2NO. The smallest absolute Gasteiger partial charge is 0.280 e. The lowest BCUT2D eigenvalue weighted by Gasteiger charge is -2.09. The van der Waals surface area contributed by atoms with Crippen LogP contribution in [0.15, 0.2) is 12.3 Å². The van der Waals surface area contributed by atoms with Gasteiger partial charge < -0.3 is 4.74 Å². The highest BCUT2D eigenvalue weighted by molar-refractivity contribution is 6.17. The molecule has 0 atom stereocenters. The molecule has 5 heteroatoms. The number of rotatable bonds is 3. The summed E-state index contributed by atoms with van der Waals surface area (Å²) in [7, 11) is 1.40. The van der Waals surface area contributed by atoms with Gasteiger partial charge in [0.15, 0.2) is 0 Å². The highest BCUT2D eigenvalue weighted by atomic mass is 35.5. The Balaban J connectivity index is 3.19. The van der Waals surface area contributed by atoms with Crippen LogP contribution in [-0.4, -0.2) is 12.1 Å². The molecule has 0 N–H and O–H groups in total. The Morgan fingerprint density at radius 2 is 2.31 bits per heavy atom. The molecule has 1 aromatic rings. The molecule has 0 aliphatic rings. The van der Waals surface area contributed by atoms with Crippen LogP contribution in [-0.2, 0) is 5.88 Å². The number of pyridine rings is 1. The lowest BCUT2D eigenvalue weighted by atomic mass is 10.2. The van der Waals surface area contributed by atoms with Gasteiger partial charge in [0.2, 0.25) is 0 Å². The summed E-state index contributed by atoms with van der Waals surface area (Å²) in [6.07, 6.45) is -1.35. The van der Waals surface area contributed by atoms with E-state index in [-0.39, 0.29) is 17.1 Å².